The van der Waals surface area contributed by atoms with Crippen molar-refractivity contribution in [2.24, 2.45) is 0 Å². The number of nitrogens with one attached hydrogen (secondary N) is 1. The van der Waals surface area contributed by atoms with Crippen LogP contribution in [0.5, 0.6) is 11.5 Å². The van der Waals surface area contributed by atoms with E-state index in [2.05, 4.69) is 5.32 Å². The molecule has 0 amide bonds. The summed E-state index contributed by atoms with van der Waals surface area (Å²) in [6, 6.07) is 8.41. The molecule has 0 aliphatic heterocycles. The summed E-state index contributed by atoms with van der Waals surface area (Å²) in [5.41, 5.74) is 1.28. The van der Waals surface area contributed by atoms with Gasteiger partial charge in [-0.1, -0.05) is 0 Å². The molecule has 112 valence electrons. The Kier molecular flexibility index (Phi) is 4.75. The van der Waals surface area contributed by atoms with Crippen molar-refractivity contribution in [1.29, 1.82) is 0 Å². The highest BCUT2D eigenvalue weighted by atomic mass is 19.1. The van der Waals surface area contributed by atoms with Crippen LogP contribution >= 0.6 is 0 Å². The van der Waals surface area contributed by atoms with Crippen molar-refractivity contribution in [2.45, 2.75) is 6.04 Å². The lowest BCUT2D eigenvalue weighted by Crippen LogP contribution is -2.18. The van der Waals surface area contributed by atoms with Gasteiger partial charge in [0.25, 0.3) is 0 Å². The number of methoxy groups -OCH3 is 2. The molecule has 2 aromatic rings. The predicted molar refractivity (Wildman–Crippen MR) is 76.8 cm³/mol. The number of benzene rings is 2. The van der Waals surface area contributed by atoms with Crippen LogP contribution in [0.25, 0.3) is 0 Å². The molecule has 0 aliphatic carbocycles. The second kappa shape index (κ2) is 6.54. The summed E-state index contributed by atoms with van der Waals surface area (Å²) >= 11 is 0. The molecular formula is C16H17F2NO2. The third-order valence-electron chi connectivity index (χ3n) is 3.21. The molecule has 0 spiro atoms. The first-order valence-electron chi connectivity index (χ1n) is 6.43. The lowest BCUT2D eigenvalue weighted by atomic mass is 9.98. The van der Waals surface area contributed by atoms with Gasteiger partial charge < -0.3 is 14.8 Å². The van der Waals surface area contributed by atoms with E-state index in [-0.39, 0.29) is 6.04 Å². The van der Waals surface area contributed by atoms with Gasteiger partial charge in [0.2, 0.25) is 0 Å². The molecule has 21 heavy (non-hydrogen) atoms. The van der Waals surface area contributed by atoms with Gasteiger partial charge in [0.15, 0.2) is 0 Å². The summed E-state index contributed by atoms with van der Waals surface area (Å²) < 4.78 is 37.3. The van der Waals surface area contributed by atoms with Crippen LogP contribution in [-0.2, 0) is 0 Å². The maximum absolute atomic E-state index is 13.4. The van der Waals surface area contributed by atoms with Gasteiger partial charge in [-0.3, -0.25) is 0 Å². The minimum atomic E-state index is -0.611. The van der Waals surface area contributed by atoms with E-state index in [1.54, 1.807) is 39.5 Å². The Labute approximate surface area is 122 Å². The fourth-order valence-electron chi connectivity index (χ4n) is 2.26. The number of halogens is 2. The van der Waals surface area contributed by atoms with Crippen molar-refractivity contribution in [3.8, 4) is 11.5 Å². The Morgan fingerprint density at radius 1 is 0.810 bits per heavy atom. The number of rotatable bonds is 5. The van der Waals surface area contributed by atoms with Crippen molar-refractivity contribution < 1.29 is 18.3 Å². The molecule has 0 heterocycles. The first kappa shape index (κ1) is 15.3. The second-order valence-corrected chi connectivity index (χ2v) is 4.57. The van der Waals surface area contributed by atoms with E-state index < -0.39 is 11.6 Å². The summed E-state index contributed by atoms with van der Waals surface area (Å²) in [7, 11) is 4.82. The second-order valence-electron chi connectivity index (χ2n) is 4.57. The van der Waals surface area contributed by atoms with Crippen LogP contribution in [0.15, 0.2) is 36.4 Å². The van der Waals surface area contributed by atoms with Crippen LogP contribution in [0, 0.1) is 11.6 Å². The molecule has 0 aromatic heterocycles. The van der Waals surface area contributed by atoms with E-state index >= 15 is 0 Å². The smallest absolute Gasteiger partial charge is 0.126 e. The van der Waals surface area contributed by atoms with Gasteiger partial charge in [-0.2, -0.15) is 0 Å². The van der Waals surface area contributed by atoms with E-state index in [4.69, 9.17) is 9.47 Å². The van der Waals surface area contributed by atoms with Gasteiger partial charge in [0.1, 0.15) is 23.1 Å². The SMILES string of the molecule is CNC(c1cc(F)cc(F)c1)c1cc(OC)cc(OC)c1. The van der Waals surface area contributed by atoms with Gasteiger partial charge in [0.05, 0.1) is 20.3 Å². The molecule has 1 unspecified atom stereocenters. The lowest BCUT2D eigenvalue weighted by molar-refractivity contribution is 0.392. The zero-order valence-electron chi connectivity index (χ0n) is 12.1. The molecular weight excluding hydrogens is 276 g/mol. The summed E-state index contributed by atoms with van der Waals surface area (Å²) in [6.45, 7) is 0. The molecule has 0 aliphatic rings. The average molecular weight is 293 g/mol. The Morgan fingerprint density at radius 2 is 1.29 bits per heavy atom. The number of ether oxygens (including phenoxy) is 2. The van der Waals surface area contributed by atoms with Crippen LogP contribution in [0.3, 0.4) is 0 Å². The van der Waals surface area contributed by atoms with Crippen LogP contribution in [0.2, 0.25) is 0 Å². The van der Waals surface area contributed by atoms with E-state index in [1.165, 1.54) is 12.1 Å². The van der Waals surface area contributed by atoms with Crippen molar-refractivity contribution in [1.82, 2.24) is 5.32 Å². The molecule has 5 heteroatoms. The van der Waals surface area contributed by atoms with Crippen molar-refractivity contribution >= 4 is 0 Å². The monoisotopic (exact) mass is 293 g/mol. The Morgan fingerprint density at radius 3 is 1.71 bits per heavy atom. The van der Waals surface area contributed by atoms with Gasteiger partial charge in [0, 0.05) is 12.1 Å². The van der Waals surface area contributed by atoms with E-state index in [1.807, 2.05) is 0 Å². The maximum atomic E-state index is 13.4. The molecule has 1 N–H and O–H groups in total. The highest BCUT2D eigenvalue weighted by Crippen LogP contribution is 2.30. The van der Waals surface area contributed by atoms with Crippen LogP contribution < -0.4 is 14.8 Å². The third-order valence-corrected chi connectivity index (χ3v) is 3.21. The first-order valence-corrected chi connectivity index (χ1v) is 6.43. The van der Waals surface area contributed by atoms with Crippen LogP contribution in [-0.4, -0.2) is 21.3 Å². The molecule has 0 saturated carbocycles. The average Bonchev–Trinajstić information content (AvgIpc) is 2.46. The van der Waals surface area contributed by atoms with Gasteiger partial charge >= 0.3 is 0 Å². The highest BCUT2D eigenvalue weighted by molar-refractivity contribution is 5.43. The van der Waals surface area contributed by atoms with E-state index in [0.717, 1.165) is 11.6 Å². The predicted octanol–water partition coefficient (Wildman–Crippen LogP) is 3.29. The molecule has 3 nitrogen and oxygen atoms in total. The molecule has 2 rings (SSSR count). The first-order chi connectivity index (χ1) is 10.1. The molecule has 0 bridgehead atoms. The highest BCUT2D eigenvalue weighted by Gasteiger charge is 2.16. The largest absolute Gasteiger partial charge is 0.497 e. The van der Waals surface area contributed by atoms with Crippen molar-refractivity contribution in [3.63, 3.8) is 0 Å². The molecule has 1 atom stereocenters. The molecule has 0 saturated heterocycles. The quantitative estimate of drug-likeness (QED) is 0.917. The minimum absolute atomic E-state index is 0.376. The summed E-state index contributed by atoms with van der Waals surface area (Å²) in [6.07, 6.45) is 0. The fourth-order valence-corrected chi connectivity index (χ4v) is 2.26. The van der Waals surface area contributed by atoms with Gasteiger partial charge in [-0.25, -0.2) is 8.78 Å². The number of hydrogen-bond acceptors (Lipinski definition) is 3. The summed E-state index contributed by atoms with van der Waals surface area (Å²) in [5, 5.41) is 3.05. The Balaban J connectivity index is 2.49. The summed E-state index contributed by atoms with van der Waals surface area (Å²) in [4.78, 5) is 0. The maximum Gasteiger partial charge on any atom is 0.126 e. The van der Waals surface area contributed by atoms with Crippen LogP contribution in [0.4, 0.5) is 8.78 Å². The van der Waals surface area contributed by atoms with Gasteiger partial charge in [-0.05, 0) is 42.4 Å². The zero-order chi connectivity index (χ0) is 15.4. The molecule has 0 fully saturated rings. The third kappa shape index (κ3) is 3.49. The minimum Gasteiger partial charge on any atom is -0.497 e. The van der Waals surface area contributed by atoms with Gasteiger partial charge in [-0.15, -0.1) is 0 Å². The topological polar surface area (TPSA) is 30.5 Å². The van der Waals surface area contributed by atoms with Crippen molar-refractivity contribution in [3.05, 3.63) is 59.2 Å². The normalized spacial score (nSPS) is 12.0. The Hall–Kier alpha value is -2.14. The zero-order valence-corrected chi connectivity index (χ0v) is 12.1. The lowest BCUT2D eigenvalue weighted by Gasteiger charge is -2.19. The standard InChI is InChI=1S/C16H17F2NO2/c1-19-16(10-4-12(17)8-13(18)5-10)11-6-14(20-2)9-15(7-11)21-3/h4-9,16,19H,1-3H3. The van der Waals surface area contributed by atoms with E-state index in [9.17, 15) is 8.78 Å². The van der Waals surface area contributed by atoms with E-state index in [0.29, 0.717) is 17.1 Å². The van der Waals surface area contributed by atoms with Crippen molar-refractivity contribution in [2.75, 3.05) is 21.3 Å². The molecule has 0 radical (unpaired) electrons. The molecule has 2 aromatic carbocycles. The fraction of sp³-hybridized carbons (Fsp3) is 0.250. The number of hydrogen-bond donors (Lipinski definition) is 1. The van der Waals surface area contributed by atoms with Crippen LogP contribution in [0.1, 0.15) is 17.2 Å². The summed E-state index contributed by atoms with van der Waals surface area (Å²) in [5.74, 6) is 0.00294. The Bertz CT molecular complexity index is 589.